The Labute approximate surface area is 135 Å². The number of thioether (sulfide) groups is 1. The second kappa shape index (κ2) is 8.48. The lowest BCUT2D eigenvalue weighted by atomic mass is 10.1. The number of carbonyl (C=O) groups excluding carboxylic acids is 1. The topological polar surface area (TPSA) is 59.0 Å². The van der Waals surface area contributed by atoms with Gasteiger partial charge in [0.25, 0.3) is 0 Å². The molecule has 22 heavy (non-hydrogen) atoms. The number of benzene rings is 1. The predicted molar refractivity (Wildman–Crippen MR) is 90.0 cm³/mol. The Bertz CT molecular complexity index is 598. The molecule has 0 unspecified atom stereocenters. The van der Waals surface area contributed by atoms with Gasteiger partial charge in [0, 0.05) is 36.9 Å². The second-order valence-electron chi connectivity index (χ2n) is 5.08. The summed E-state index contributed by atoms with van der Waals surface area (Å²) in [7, 11) is 0. The third-order valence-electron chi connectivity index (χ3n) is 3.32. The molecule has 0 radical (unpaired) electrons. The van der Waals surface area contributed by atoms with E-state index in [0.717, 1.165) is 18.5 Å². The second-order valence-corrected chi connectivity index (χ2v) is 5.93. The first-order valence-electron chi connectivity index (χ1n) is 7.30. The van der Waals surface area contributed by atoms with Crippen LogP contribution >= 0.6 is 11.8 Å². The zero-order valence-corrected chi connectivity index (χ0v) is 13.8. The zero-order chi connectivity index (χ0) is 15.8. The molecular formula is C16H22N4OS. The largest absolute Gasteiger partial charge is 0.338 e. The van der Waals surface area contributed by atoms with E-state index in [-0.39, 0.29) is 6.03 Å². The van der Waals surface area contributed by atoms with E-state index < -0.39 is 0 Å². The van der Waals surface area contributed by atoms with Gasteiger partial charge in [-0.05, 0) is 36.8 Å². The maximum atomic E-state index is 11.8. The van der Waals surface area contributed by atoms with E-state index in [9.17, 15) is 4.79 Å². The standard InChI is InChI=1S/C16H22N4OS/c1-13-4-5-14(15(10-13)22-2)11-19-16(21)18-6-3-8-20-9-7-17-12-20/h4-5,7,9-10,12H,3,6,8,11H2,1-2H3,(H2,18,19,21). The van der Waals surface area contributed by atoms with Gasteiger partial charge in [0.05, 0.1) is 6.33 Å². The van der Waals surface area contributed by atoms with Crippen molar-refractivity contribution >= 4 is 17.8 Å². The van der Waals surface area contributed by atoms with Gasteiger partial charge in [-0.25, -0.2) is 9.78 Å². The third-order valence-corrected chi connectivity index (χ3v) is 4.14. The van der Waals surface area contributed by atoms with Gasteiger partial charge in [0.15, 0.2) is 0 Å². The summed E-state index contributed by atoms with van der Waals surface area (Å²) >= 11 is 1.70. The van der Waals surface area contributed by atoms with Gasteiger partial charge in [-0.1, -0.05) is 12.1 Å². The molecule has 118 valence electrons. The Morgan fingerprint density at radius 2 is 2.23 bits per heavy atom. The van der Waals surface area contributed by atoms with Gasteiger partial charge in [0.2, 0.25) is 0 Å². The molecule has 0 aliphatic carbocycles. The first-order chi connectivity index (χ1) is 10.7. The summed E-state index contributed by atoms with van der Waals surface area (Å²) in [6.45, 7) is 4.12. The van der Waals surface area contributed by atoms with Gasteiger partial charge in [0.1, 0.15) is 0 Å². The summed E-state index contributed by atoms with van der Waals surface area (Å²) in [6.07, 6.45) is 8.38. The molecule has 2 amide bonds. The Morgan fingerprint density at radius 3 is 2.95 bits per heavy atom. The summed E-state index contributed by atoms with van der Waals surface area (Å²) in [4.78, 5) is 17.0. The van der Waals surface area contributed by atoms with Crippen LogP contribution in [0, 0.1) is 6.92 Å². The van der Waals surface area contributed by atoms with E-state index in [1.807, 2.05) is 10.8 Å². The molecule has 0 aliphatic rings. The number of amides is 2. The van der Waals surface area contributed by atoms with Gasteiger partial charge >= 0.3 is 6.03 Å². The van der Waals surface area contributed by atoms with Crippen molar-refractivity contribution < 1.29 is 4.79 Å². The summed E-state index contributed by atoms with van der Waals surface area (Å²) < 4.78 is 2.00. The number of rotatable bonds is 7. The summed E-state index contributed by atoms with van der Waals surface area (Å²) in [5, 5.41) is 5.78. The molecule has 0 spiro atoms. The molecule has 2 rings (SSSR count). The lowest BCUT2D eigenvalue weighted by molar-refractivity contribution is 0.240. The van der Waals surface area contributed by atoms with Crippen molar-refractivity contribution in [1.82, 2.24) is 20.2 Å². The molecule has 6 heteroatoms. The van der Waals surface area contributed by atoms with Gasteiger partial charge in [-0.2, -0.15) is 0 Å². The molecule has 0 fully saturated rings. The Hall–Kier alpha value is -1.95. The Kier molecular flexibility index (Phi) is 6.33. The minimum absolute atomic E-state index is 0.127. The van der Waals surface area contributed by atoms with E-state index in [0.29, 0.717) is 13.1 Å². The minimum Gasteiger partial charge on any atom is -0.338 e. The first-order valence-corrected chi connectivity index (χ1v) is 8.52. The van der Waals surface area contributed by atoms with Crippen LogP contribution in [0.3, 0.4) is 0 Å². The van der Waals surface area contributed by atoms with Crippen molar-refractivity contribution in [3.05, 3.63) is 48.0 Å². The van der Waals surface area contributed by atoms with Crippen LogP contribution < -0.4 is 10.6 Å². The number of nitrogens with one attached hydrogen (secondary N) is 2. The highest BCUT2D eigenvalue weighted by atomic mass is 32.2. The lowest BCUT2D eigenvalue weighted by Gasteiger charge is -2.11. The van der Waals surface area contributed by atoms with Crippen LogP contribution in [0.1, 0.15) is 17.5 Å². The molecule has 1 aromatic heterocycles. The number of hydrogen-bond donors (Lipinski definition) is 2. The maximum Gasteiger partial charge on any atom is 0.315 e. The smallest absolute Gasteiger partial charge is 0.315 e. The van der Waals surface area contributed by atoms with Crippen LogP contribution in [-0.2, 0) is 13.1 Å². The van der Waals surface area contributed by atoms with Crippen LogP contribution in [0.4, 0.5) is 4.79 Å². The molecule has 2 aromatic rings. The number of carbonyl (C=O) groups is 1. The van der Waals surface area contributed by atoms with Crippen LogP contribution in [0.25, 0.3) is 0 Å². The van der Waals surface area contributed by atoms with Crippen molar-refractivity contribution in [2.24, 2.45) is 0 Å². The highest BCUT2D eigenvalue weighted by Crippen LogP contribution is 2.21. The molecule has 5 nitrogen and oxygen atoms in total. The van der Waals surface area contributed by atoms with Gasteiger partial charge in [-0.15, -0.1) is 11.8 Å². The normalized spacial score (nSPS) is 10.5. The molecule has 0 atom stereocenters. The van der Waals surface area contributed by atoms with Crippen molar-refractivity contribution in [1.29, 1.82) is 0 Å². The van der Waals surface area contributed by atoms with Crippen molar-refractivity contribution in [2.75, 3.05) is 12.8 Å². The van der Waals surface area contributed by atoms with Crippen molar-refractivity contribution in [2.45, 2.75) is 31.3 Å². The number of nitrogens with zero attached hydrogens (tertiary/aromatic N) is 2. The molecule has 1 heterocycles. The van der Waals surface area contributed by atoms with Gasteiger partial charge < -0.3 is 15.2 Å². The summed E-state index contributed by atoms with van der Waals surface area (Å²) in [6, 6.07) is 6.16. The lowest BCUT2D eigenvalue weighted by Crippen LogP contribution is -2.35. The molecule has 1 aromatic carbocycles. The van der Waals surface area contributed by atoms with E-state index in [1.165, 1.54) is 10.5 Å². The van der Waals surface area contributed by atoms with Crippen LogP contribution in [0.15, 0.2) is 41.8 Å². The first kappa shape index (κ1) is 16.4. The molecule has 0 saturated carbocycles. The predicted octanol–water partition coefficient (Wildman–Crippen LogP) is 2.80. The molecular weight excluding hydrogens is 296 g/mol. The van der Waals surface area contributed by atoms with Crippen molar-refractivity contribution in [3.63, 3.8) is 0 Å². The highest BCUT2D eigenvalue weighted by molar-refractivity contribution is 7.98. The SMILES string of the molecule is CSc1cc(C)ccc1CNC(=O)NCCCn1ccnc1. The fraction of sp³-hybridized carbons (Fsp3) is 0.375. The van der Waals surface area contributed by atoms with Crippen LogP contribution in [0.5, 0.6) is 0 Å². The van der Waals surface area contributed by atoms with Gasteiger partial charge in [-0.3, -0.25) is 0 Å². The summed E-state index contributed by atoms with van der Waals surface area (Å²) in [5.74, 6) is 0. The molecule has 0 aliphatic heterocycles. The van der Waals surface area contributed by atoms with Crippen LogP contribution in [0.2, 0.25) is 0 Å². The molecule has 0 bridgehead atoms. The highest BCUT2D eigenvalue weighted by Gasteiger charge is 2.04. The third kappa shape index (κ3) is 5.11. The van der Waals surface area contributed by atoms with E-state index in [4.69, 9.17) is 0 Å². The van der Waals surface area contributed by atoms with E-state index in [1.54, 1.807) is 24.3 Å². The Morgan fingerprint density at radius 1 is 1.36 bits per heavy atom. The molecule has 2 N–H and O–H groups in total. The maximum absolute atomic E-state index is 11.8. The molecule has 0 saturated heterocycles. The zero-order valence-electron chi connectivity index (χ0n) is 13.0. The quantitative estimate of drug-likeness (QED) is 0.609. The van der Waals surface area contributed by atoms with Crippen LogP contribution in [-0.4, -0.2) is 28.4 Å². The number of aromatic nitrogens is 2. The summed E-state index contributed by atoms with van der Waals surface area (Å²) in [5.41, 5.74) is 2.38. The number of urea groups is 1. The number of aryl methyl sites for hydroxylation is 2. The fourth-order valence-electron chi connectivity index (χ4n) is 2.12. The van der Waals surface area contributed by atoms with E-state index >= 15 is 0 Å². The van der Waals surface area contributed by atoms with Crippen molar-refractivity contribution in [3.8, 4) is 0 Å². The number of imidazole rings is 1. The fourth-order valence-corrected chi connectivity index (χ4v) is 2.82. The Balaban J connectivity index is 1.69. The minimum atomic E-state index is -0.127. The average Bonchev–Trinajstić information content (AvgIpc) is 3.03. The van der Waals surface area contributed by atoms with E-state index in [2.05, 4.69) is 47.0 Å². The number of hydrogen-bond acceptors (Lipinski definition) is 3. The average molecular weight is 318 g/mol. The monoisotopic (exact) mass is 318 g/mol.